The van der Waals surface area contributed by atoms with Crippen molar-refractivity contribution in [2.45, 2.75) is 44.6 Å². The van der Waals surface area contributed by atoms with Crippen LogP contribution in [0.25, 0.3) is 21.9 Å². The highest BCUT2D eigenvalue weighted by atomic mass is 16.3. The molecule has 0 radical (unpaired) electrons. The van der Waals surface area contributed by atoms with Crippen LogP contribution in [0, 0.1) is 5.41 Å². The first-order valence-electron chi connectivity index (χ1n) is 9.57. The van der Waals surface area contributed by atoms with Gasteiger partial charge in [-0.1, -0.05) is 43.3 Å². The average molecular weight is 344 g/mol. The van der Waals surface area contributed by atoms with E-state index in [1.165, 1.54) is 27.6 Å². The third kappa shape index (κ3) is 2.29. The second kappa shape index (κ2) is 5.59. The minimum atomic E-state index is -0.199. The molecule has 3 aromatic carbocycles. The van der Waals surface area contributed by atoms with E-state index in [9.17, 15) is 10.2 Å². The molecule has 0 saturated heterocycles. The molecule has 0 heterocycles. The molecule has 2 aliphatic rings. The second-order valence-electron chi connectivity index (χ2n) is 8.39. The minimum Gasteiger partial charge on any atom is -0.508 e. The van der Waals surface area contributed by atoms with E-state index >= 15 is 0 Å². The van der Waals surface area contributed by atoms with E-state index in [2.05, 4.69) is 43.3 Å². The summed E-state index contributed by atoms with van der Waals surface area (Å²) in [5.41, 5.74) is 5.52. The molecule has 2 nitrogen and oxygen atoms in total. The Morgan fingerprint density at radius 1 is 1.04 bits per heavy atom. The molecule has 132 valence electrons. The van der Waals surface area contributed by atoms with Crippen molar-refractivity contribution < 1.29 is 10.2 Å². The molecule has 1 saturated carbocycles. The zero-order chi connectivity index (χ0) is 17.9. The van der Waals surface area contributed by atoms with Crippen molar-refractivity contribution >= 4 is 10.8 Å². The van der Waals surface area contributed by atoms with E-state index in [4.69, 9.17) is 0 Å². The maximum absolute atomic E-state index is 10.4. The number of fused-ring (bicyclic) bond motifs is 5. The molecule has 26 heavy (non-hydrogen) atoms. The molecule has 1 fully saturated rings. The third-order valence-electron chi connectivity index (χ3n) is 6.71. The van der Waals surface area contributed by atoms with Crippen LogP contribution in [0.3, 0.4) is 0 Å². The highest BCUT2D eigenvalue weighted by Crippen LogP contribution is 2.58. The lowest BCUT2D eigenvalue weighted by molar-refractivity contribution is 0.159. The largest absolute Gasteiger partial charge is 0.508 e. The lowest BCUT2D eigenvalue weighted by atomic mass is 9.64. The molecular weight excluding hydrogens is 320 g/mol. The topological polar surface area (TPSA) is 40.5 Å². The van der Waals surface area contributed by atoms with Gasteiger partial charge in [0.05, 0.1) is 6.10 Å². The van der Waals surface area contributed by atoms with E-state index in [0.717, 1.165) is 31.1 Å². The van der Waals surface area contributed by atoms with Crippen molar-refractivity contribution in [3.63, 3.8) is 0 Å². The van der Waals surface area contributed by atoms with Crippen LogP contribution in [-0.4, -0.2) is 16.3 Å². The molecule has 2 heteroatoms. The van der Waals surface area contributed by atoms with Gasteiger partial charge in [-0.2, -0.15) is 0 Å². The van der Waals surface area contributed by atoms with Gasteiger partial charge in [-0.15, -0.1) is 0 Å². The summed E-state index contributed by atoms with van der Waals surface area (Å²) in [5, 5.41) is 22.8. The molecule has 5 rings (SSSR count). The van der Waals surface area contributed by atoms with Gasteiger partial charge in [-0.25, -0.2) is 0 Å². The lowest BCUT2D eigenvalue weighted by Crippen LogP contribution is -2.27. The van der Waals surface area contributed by atoms with Gasteiger partial charge in [-0.05, 0) is 88.2 Å². The van der Waals surface area contributed by atoms with E-state index in [1.54, 1.807) is 6.07 Å². The third-order valence-corrected chi connectivity index (χ3v) is 6.71. The number of hydrogen-bond acceptors (Lipinski definition) is 2. The number of aliphatic hydroxyl groups is 1. The van der Waals surface area contributed by atoms with Crippen molar-refractivity contribution in [1.82, 2.24) is 0 Å². The first-order chi connectivity index (χ1) is 12.5. The predicted octanol–water partition coefficient (Wildman–Crippen LogP) is 5.40. The summed E-state index contributed by atoms with van der Waals surface area (Å²) in [6.07, 6.45) is 3.72. The summed E-state index contributed by atoms with van der Waals surface area (Å²) in [7, 11) is 0. The van der Waals surface area contributed by atoms with Gasteiger partial charge in [-0.3, -0.25) is 0 Å². The molecule has 2 N–H and O–H groups in total. The van der Waals surface area contributed by atoms with Crippen LogP contribution >= 0.6 is 0 Å². The minimum absolute atomic E-state index is 0.181. The average Bonchev–Trinajstić information content (AvgIpc) is 2.95. The van der Waals surface area contributed by atoms with Gasteiger partial charge < -0.3 is 10.2 Å². The van der Waals surface area contributed by atoms with Gasteiger partial charge in [0.2, 0.25) is 0 Å². The van der Waals surface area contributed by atoms with Crippen LogP contribution in [0.4, 0.5) is 0 Å². The molecule has 0 bridgehead atoms. The van der Waals surface area contributed by atoms with Crippen molar-refractivity contribution in [1.29, 1.82) is 0 Å². The number of aromatic hydroxyl groups is 1. The molecule has 0 aliphatic heterocycles. The first-order valence-corrected chi connectivity index (χ1v) is 9.57. The van der Waals surface area contributed by atoms with E-state index in [0.29, 0.717) is 11.7 Å². The Balaban J connectivity index is 1.84. The van der Waals surface area contributed by atoms with Crippen molar-refractivity contribution in [3.05, 3.63) is 65.7 Å². The summed E-state index contributed by atoms with van der Waals surface area (Å²) in [6.45, 7) is 2.35. The monoisotopic (exact) mass is 344 g/mol. The van der Waals surface area contributed by atoms with E-state index in [-0.39, 0.29) is 11.5 Å². The van der Waals surface area contributed by atoms with Crippen LogP contribution < -0.4 is 0 Å². The quantitative estimate of drug-likeness (QED) is 0.620. The smallest absolute Gasteiger partial charge is 0.116 e. The Hall–Kier alpha value is -2.32. The van der Waals surface area contributed by atoms with Crippen LogP contribution in [0.5, 0.6) is 5.75 Å². The Kier molecular flexibility index (Phi) is 3.42. The normalized spacial score (nSPS) is 27.3. The maximum Gasteiger partial charge on any atom is 0.116 e. The fourth-order valence-corrected chi connectivity index (χ4v) is 5.48. The number of benzene rings is 3. The molecule has 0 spiro atoms. The number of phenols is 1. The number of aliphatic hydroxyl groups excluding tert-OH is 1. The van der Waals surface area contributed by atoms with Crippen LogP contribution in [0.2, 0.25) is 0 Å². The molecule has 2 aliphatic carbocycles. The number of hydrogen-bond donors (Lipinski definition) is 2. The molecule has 0 unspecified atom stereocenters. The van der Waals surface area contributed by atoms with Crippen molar-refractivity contribution in [2.24, 2.45) is 5.41 Å². The molecular formula is C24H24O2. The summed E-state index contributed by atoms with van der Waals surface area (Å²) in [6, 6.07) is 18.5. The van der Waals surface area contributed by atoms with Crippen molar-refractivity contribution in [2.75, 3.05) is 0 Å². The highest BCUT2D eigenvalue weighted by molar-refractivity contribution is 5.94. The SMILES string of the molecule is C[C@]12CCc3c(c(-c4ccccc4)cc4cc(O)ccc34)[C@@H]1C[C@H](O)C2. The standard InChI is InChI=1S/C24H24O2/c1-24-10-9-20-19-8-7-17(25)11-16(19)12-21(15-5-3-2-4-6-15)23(20)22(24)13-18(26)14-24/h2-8,11-12,18,22,25-26H,9-10,13-14H2,1H3/t18-,22-,24+/m0/s1. The summed E-state index contributed by atoms with van der Waals surface area (Å²) < 4.78 is 0. The number of rotatable bonds is 1. The number of phenolic OH excluding ortho intramolecular Hbond substituents is 1. The van der Waals surface area contributed by atoms with E-state index in [1.807, 2.05) is 12.1 Å². The van der Waals surface area contributed by atoms with Gasteiger partial charge in [0.15, 0.2) is 0 Å². The van der Waals surface area contributed by atoms with Gasteiger partial charge in [0.25, 0.3) is 0 Å². The Morgan fingerprint density at radius 2 is 1.85 bits per heavy atom. The summed E-state index contributed by atoms with van der Waals surface area (Å²) >= 11 is 0. The first kappa shape index (κ1) is 15.9. The number of aryl methyl sites for hydroxylation is 1. The molecule has 3 atom stereocenters. The Bertz CT molecular complexity index is 992. The lowest BCUT2D eigenvalue weighted by Gasteiger charge is -2.39. The predicted molar refractivity (Wildman–Crippen MR) is 105 cm³/mol. The summed E-state index contributed by atoms with van der Waals surface area (Å²) in [4.78, 5) is 0. The molecule has 0 aromatic heterocycles. The van der Waals surface area contributed by atoms with Crippen molar-refractivity contribution in [3.8, 4) is 16.9 Å². The Labute approximate surface area is 154 Å². The van der Waals surface area contributed by atoms with E-state index < -0.39 is 0 Å². The maximum atomic E-state index is 10.4. The van der Waals surface area contributed by atoms with Gasteiger partial charge in [0.1, 0.15) is 5.75 Å². The zero-order valence-electron chi connectivity index (χ0n) is 15.1. The summed E-state index contributed by atoms with van der Waals surface area (Å²) in [5.74, 6) is 0.711. The highest BCUT2D eigenvalue weighted by Gasteiger charge is 2.47. The molecule has 3 aromatic rings. The fourth-order valence-electron chi connectivity index (χ4n) is 5.48. The van der Waals surface area contributed by atoms with Gasteiger partial charge >= 0.3 is 0 Å². The van der Waals surface area contributed by atoms with Crippen LogP contribution in [0.15, 0.2) is 54.6 Å². The fraction of sp³-hybridized carbons (Fsp3) is 0.333. The zero-order valence-corrected chi connectivity index (χ0v) is 15.1. The van der Waals surface area contributed by atoms with Gasteiger partial charge in [0, 0.05) is 0 Å². The van der Waals surface area contributed by atoms with Crippen LogP contribution in [-0.2, 0) is 6.42 Å². The van der Waals surface area contributed by atoms with Crippen LogP contribution in [0.1, 0.15) is 43.2 Å². The Morgan fingerprint density at radius 3 is 2.65 bits per heavy atom. The second-order valence-corrected chi connectivity index (χ2v) is 8.39. The molecule has 0 amide bonds.